The quantitative estimate of drug-likeness (QED) is 0.306. The number of hydrogen-bond acceptors (Lipinski definition) is 5. The van der Waals surface area contributed by atoms with Gasteiger partial charge in [0.25, 0.3) is 0 Å². The van der Waals surface area contributed by atoms with Gasteiger partial charge in [-0.2, -0.15) is 0 Å². The van der Waals surface area contributed by atoms with Crippen molar-refractivity contribution in [3.05, 3.63) is 53.7 Å². The van der Waals surface area contributed by atoms with Crippen molar-refractivity contribution in [1.29, 1.82) is 0 Å². The first-order valence-electron chi connectivity index (χ1n) is 10.7. The van der Waals surface area contributed by atoms with E-state index in [9.17, 15) is 0 Å². The van der Waals surface area contributed by atoms with Crippen molar-refractivity contribution >= 4 is 35.8 Å². The van der Waals surface area contributed by atoms with Gasteiger partial charge in [0, 0.05) is 52.5 Å². The van der Waals surface area contributed by atoms with Crippen molar-refractivity contribution in [1.82, 2.24) is 20.5 Å². The highest BCUT2D eigenvalue weighted by molar-refractivity contribution is 14.0. The fourth-order valence-electron chi connectivity index (χ4n) is 3.56. The fraction of sp³-hybridized carbons (Fsp3) is 0.478. The summed E-state index contributed by atoms with van der Waals surface area (Å²) in [6, 6.07) is 12.4. The standard InChI is InChI=1S/C23H34N6O.HI/c1-4-28-13-15-29(16-14-28)22-17-20(10-11-25-22)18-27-23(24-2)26-12-9-19-5-7-21(30-3)8-6-19;/h5-8,10-11,17H,4,9,12-16,18H2,1-3H3,(H2,24,26,27);1H. The number of pyridine rings is 1. The highest BCUT2D eigenvalue weighted by atomic mass is 127. The molecule has 0 radical (unpaired) electrons. The van der Waals surface area contributed by atoms with Gasteiger partial charge in [0.2, 0.25) is 0 Å². The Morgan fingerprint density at radius 2 is 1.81 bits per heavy atom. The number of nitrogens with one attached hydrogen (secondary N) is 2. The van der Waals surface area contributed by atoms with Crippen LogP contribution in [0.1, 0.15) is 18.1 Å². The second kappa shape index (κ2) is 13.4. The molecule has 31 heavy (non-hydrogen) atoms. The minimum absolute atomic E-state index is 0. The van der Waals surface area contributed by atoms with Gasteiger partial charge in [-0.05, 0) is 48.4 Å². The van der Waals surface area contributed by atoms with Gasteiger partial charge in [0.15, 0.2) is 5.96 Å². The summed E-state index contributed by atoms with van der Waals surface area (Å²) in [5.41, 5.74) is 2.47. The third kappa shape index (κ3) is 7.84. The number of anilines is 1. The molecule has 0 amide bonds. The van der Waals surface area contributed by atoms with Gasteiger partial charge in [0.05, 0.1) is 7.11 Å². The van der Waals surface area contributed by atoms with Crippen LogP contribution in [0.5, 0.6) is 5.75 Å². The van der Waals surface area contributed by atoms with Crippen LogP contribution in [0, 0.1) is 0 Å². The fourth-order valence-corrected chi connectivity index (χ4v) is 3.56. The van der Waals surface area contributed by atoms with Crippen LogP contribution in [0.15, 0.2) is 47.6 Å². The van der Waals surface area contributed by atoms with Crippen LogP contribution in [-0.4, -0.2) is 69.3 Å². The van der Waals surface area contributed by atoms with Gasteiger partial charge < -0.3 is 25.2 Å². The smallest absolute Gasteiger partial charge is 0.191 e. The lowest BCUT2D eigenvalue weighted by Gasteiger charge is -2.34. The Hall–Kier alpha value is -2.07. The Morgan fingerprint density at radius 3 is 2.45 bits per heavy atom. The number of halogens is 1. The Labute approximate surface area is 203 Å². The van der Waals surface area contributed by atoms with Crippen LogP contribution >= 0.6 is 24.0 Å². The number of guanidine groups is 1. The summed E-state index contributed by atoms with van der Waals surface area (Å²) in [6.45, 7) is 9.14. The average Bonchev–Trinajstić information content (AvgIpc) is 2.82. The molecule has 0 bridgehead atoms. The average molecular weight is 538 g/mol. The number of methoxy groups -OCH3 is 1. The lowest BCUT2D eigenvalue weighted by Crippen LogP contribution is -2.46. The number of ether oxygens (including phenoxy) is 1. The first kappa shape index (κ1) is 25.2. The Balaban J connectivity index is 0.00000341. The summed E-state index contributed by atoms with van der Waals surface area (Å²) < 4.78 is 5.21. The van der Waals surface area contributed by atoms with E-state index < -0.39 is 0 Å². The molecule has 1 aliphatic rings. The maximum absolute atomic E-state index is 5.21. The van der Waals surface area contributed by atoms with E-state index in [1.54, 1.807) is 14.2 Å². The number of rotatable bonds is 8. The summed E-state index contributed by atoms with van der Waals surface area (Å²) in [5, 5.41) is 6.78. The molecule has 1 fully saturated rings. The number of hydrogen-bond donors (Lipinski definition) is 2. The van der Waals surface area contributed by atoms with Crippen LogP contribution in [0.3, 0.4) is 0 Å². The molecular formula is C23H35IN6O. The van der Waals surface area contributed by atoms with Gasteiger partial charge in [-0.3, -0.25) is 4.99 Å². The molecule has 3 rings (SSSR count). The number of aliphatic imine (C=N–C) groups is 1. The van der Waals surface area contributed by atoms with Crippen molar-refractivity contribution < 1.29 is 4.74 Å². The molecule has 2 N–H and O–H groups in total. The molecule has 1 aromatic carbocycles. The molecular weight excluding hydrogens is 503 g/mol. The minimum atomic E-state index is 0. The number of benzene rings is 1. The van der Waals surface area contributed by atoms with Crippen LogP contribution in [-0.2, 0) is 13.0 Å². The predicted molar refractivity (Wildman–Crippen MR) is 139 cm³/mol. The molecule has 0 unspecified atom stereocenters. The Bertz CT molecular complexity index is 806. The maximum atomic E-state index is 5.21. The van der Waals surface area contributed by atoms with Crippen molar-refractivity contribution in [2.75, 3.05) is 58.3 Å². The summed E-state index contributed by atoms with van der Waals surface area (Å²) in [5.74, 6) is 2.75. The first-order chi connectivity index (χ1) is 14.7. The van der Waals surface area contributed by atoms with E-state index in [0.717, 1.165) is 63.2 Å². The lowest BCUT2D eigenvalue weighted by atomic mass is 10.1. The van der Waals surface area contributed by atoms with Gasteiger partial charge in [-0.25, -0.2) is 4.98 Å². The second-order valence-electron chi connectivity index (χ2n) is 7.39. The normalized spacial score (nSPS) is 14.7. The molecule has 0 saturated carbocycles. The zero-order chi connectivity index (χ0) is 21.2. The Morgan fingerprint density at radius 1 is 1.06 bits per heavy atom. The van der Waals surface area contributed by atoms with Gasteiger partial charge in [-0.15, -0.1) is 24.0 Å². The van der Waals surface area contributed by atoms with E-state index in [1.165, 1.54) is 11.1 Å². The highest BCUT2D eigenvalue weighted by Gasteiger charge is 2.16. The lowest BCUT2D eigenvalue weighted by molar-refractivity contribution is 0.270. The highest BCUT2D eigenvalue weighted by Crippen LogP contribution is 2.15. The van der Waals surface area contributed by atoms with Crippen molar-refractivity contribution in [2.45, 2.75) is 19.9 Å². The Kier molecular flexibility index (Phi) is 10.9. The van der Waals surface area contributed by atoms with E-state index >= 15 is 0 Å². The van der Waals surface area contributed by atoms with E-state index in [1.807, 2.05) is 18.3 Å². The van der Waals surface area contributed by atoms with Crippen LogP contribution in [0.25, 0.3) is 0 Å². The monoisotopic (exact) mass is 538 g/mol. The van der Waals surface area contributed by atoms with Gasteiger partial charge in [0.1, 0.15) is 11.6 Å². The summed E-state index contributed by atoms with van der Waals surface area (Å²) in [6.07, 6.45) is 2.83. The second-order valence-corrected chi connectivity index (χ2v) is 7.39. The summed E-state index contributed by atoms with van der Waals surface area (Å²) in [7, 11) is 3.48. The van der Waals surface area contributed by atoms with Crippen molar-refractivity contribution in [3.8, 4) is 5.75 Å². The zero-order valence-electron chi connectivity index (χ0n) is 18.8. The van der Waals surface area contributed by atoms with Crippen LogP contribution in [0.2, 0.25) is 0 Å². The summed E-state index contributed by atoms with van der Waals surface area (Å²) in [4.78, 5) is 13.8. The number of piperazine rings is 1. The molecule has 2 aromatic rings. The molecule has 0 spiro atoms. The maximum Gasteiger partial charge on any atom is 0.191 e. The van der Waals surface area contributed by atoms with Crippen molar-refractivity contribution in [3.63, 3.8) is 0 Å². The molecule has 8 heteroatoms. The van der Waals surface area contributed by atoms with E-state index in [-0.39, 0.29) is 24.0 Å². The third-order valence-corrected chi connectivity index (χ3v) is 5.50. The topological polar surface area (TPSA) is 65.0 Å². The molecule has 1 saturated heterocycles. The minimum Gasteiger partial charge on any atom is -0.497 e. The summed E-state index contributed by atoms with van der Waals surface area (Å²) >= 11 is 0. The molecule has 170 valence electrons. The van der Waals surface area contributed by atoms with Crippen LogP contribution in [0.4, 0.5) is 5.82 Å². The number of aromatic nitrogens is 1. The molecule has 1 aromatic heterocycles. The predicted octanol–water partition coefficient (Wildman–Crippen LogP) is 2.76. The largest absolute Gasteiger partial charge is 0.497 e. The van der Waals surface area contributed by atoms with E-state index in [4.69, 9.17) is 4.74 Å². The zero-order valence-corrected chi connectivity index (χ0v) is 21.1. The van der Waals surface area contributed by atoms with E-state index in [2.05, 4.69) is 61.6 Å². The number of likely N-dealkylation sites (N-methyl/N-ethyl adjacent to an activating group) is 1. The molecule has 2 heterocycles. The van der Waals surface area contributed by atoms with Gasteiger partial charge in [-0.1, -0.05) is 19.1 Å². The molecule has 0 aliphatic carbocycles. The molecule has 1 aliphatic heterocycles. The molecule has 0 atom stereocenters. The third-order valence-electron chi connectivity index (χ3n) is 5.50. The number of nitrogens with zero attached hydrogens (tertiary/aromatic N) is 4. The molecule has 7 nitrogen and oxygen atoms in total. The van der Waals surface area contributed by atoms with Crippen molar-refractivity contribution in [2.24, 2.45) is 4.99 Å². The van der Waals surface area contributed by atoms with Crippen LogP contribution < -0.4 is 20.3 Å². The SMILES string of the molecule is CCN1CCN(c2cc(CNC(=NC)NCCc3ccc(OC)cc3)ccn2)CC1.I. The first-order valence-corrected chi connectivity index (χ1v) is 10.7. The van der Waals surface area contributed by atoms with E-state index in [0.29, 0.717) is 6.54 Å². The van der Waals surface area contributed by atoms with Gasteiger partial charge >= 0.3 is 0 Å².